The molecule has 0 aromatic heterocycles. The highest BCUT2D eigenvalue weighted by molar-refractivity contribution is 5.87. The van der Waals surface area contributed by atoms with Gasteiger partial charge in [-0.25, -0.2) is 0 Å². The van der Waals surface area contributed by atoms with Gasteiger partial charge in [-0.2, -0.15) is 0 Å². The monoisotopic (exact) mass is 283 g/mol. The second-order valence-electron chi connectivity index (χ2n) is 6.64. The molecule has 2 aliphatic rings. The molecular formula is C14H25N3O3. The minimum Gasteiger partial charge on any atom is -0.481 e. The summed E-state index contributed by atoms with van der Waals surface area (Å²) in [7, 11) is 0. The van der Waals surface area contributed by atoms with Crippen LogP contribution in [0.15, 0.2) is 0 Å². The van der Waals surface area contributed by atoms with Crippen LogP contribution in [0.2, 0.25) is 0 Å². The molecule has 1 atom stereocenters. The summed E-state index contributed by atoms with van der Waals surface area (Å²) in [5, 5.41) is 12.5. The van der Waals surface area contributed by atoms with Crippen molar-refractivity contribution in [3.63, 3.8) is 0 Å². The van der Waals surface area contributed by atoms with Crippen LogP contribution in [0.4, 0.5) is 0 Å². The van der Waals surface area contributed by atoms with Crippen molar-refractivity contribution < 1.29 is 14.7 Å². The molecule has 1 amide bonds. The number of carbonyl (C=O) groups is 2. The van der Waals surface area contributed by atoms with Crippen LogP contribution in [0.1, 0.15) is 27.2 Å². The summed E-state index contributed by atoms with van der Waals surface area (Å²) in [5.74, 6) is -0.767. The van der Waals surface area contributed by atoms with Gasteiger partial charge in [-0.1, -0.05) is 0 Å². The Hall–Kier alpha value is -1.14. The van der Waals surface area contributed by atoms with Crippen LogP contribution in [-0.4, -0.2) is 71.6 Å². The second kappa shape index (κ2) is 5.33. The zero-order chi connectivity index (χ0) is 15.0. The van der Waals surface area contributed by atoms with Gasteiger partial charge >= 0.3 is 5.97 Å². The van der Waals surface area contributed by atoms with Crippen LogP contribution in [0.25, 0.3) is 0 Å². The number of rotatable bonds is 3. The SMILES string of the molecule is CC1(C(=O)O)CCN(C(=O)C(C)(C)N2CCNCC2)C1. The van der Waals surface area contributed by atoms with E-state index in [0.29, 0.717) is 19.5 Å². The minimum atomic E-state index is -0.812. The van der Waals surface area contributed by atoms with E-state index in [4.69, 9.17) is 0 Å². The van der Waals surface area contributed by atoms with Crippen LogP contribution < -0.4 is 5.32 Å². The van der Waals surface area contributed by atoms with Gasteiger partial charge in [0.25, 0.3) is 0 Å². The normalized spacial score (nSPS) is 28.6. The molecule has 6 heteroatoms. The summed E-state index contributed by atoms with van der Waals surface area (Å²) < 4.78 is 0. The molecule has 0 aromatic rings. The second-order valence-corrected chi connectivity index (χ2v) is 6.64. The van der Waals surface area contributed by atoms with Gasteiger partial charge in [0, 0.05) is 39.3 Å². The third kappa shape index (κ3) is 2.67. The molecule has 2 fully saturated rings. The summed E-state index contributed by atoms with van der Waals surface area (Å²) >= 11 is 0. The first-order valence-corrected chi connectivity index (χ1v) is 7.26. The van der Waals surface area contributed by atoms with Gasteiger partial charge < -0.3 is 15.3 Å². The van der Waals surface area contributed by atoms with E-state index in [-0.39, 0.29) is 5.91 Å². The molecule has 0 aromatic carbocycles. The number of piperazine rings is 1. The lowest BCUT2D eigenvalue weighted by Crippen LogP contribution is -2.60. The molecule has 0 radical (unpaired) electrons. The number of carboxylic acid groups (broad SMARTS) is 1. The fraction of sp³-hybridized carbons (Fsp3) is 0.857. The Labute approximate surface area is 120 Å². The van der Waals surface area contributed by atoms with Crippen LogP contribution >= 0.6 is 0 Å². The predicted molar refractivity (Wildman–Crippen MR) is 75.5 cm³/mol. The number of carboxylic acids is 1. The summed E-state index contributed by atoms with van der Waals surface area (Å²) in [5.41, 5.74) is -1.36. The number of hydrogen-bond acceptors (Lipinski definition) is 4. The average Bonchev–Trinajstić information content (AvgIpc) is 2.83. The number of amides is 1. The number of nitrogens with one attached hydrogen (secondary N) is 1. The van der Waals surface area contributed by atoms with E-state index in [9.17, 15) is 14.7 Å². The molecule has 0 aliphatic carbocycles. The number of aliphatic carboxylic acids is 1. The van der Waals surface area contributed by atoms with Gasteiger partial charge in [-0.05, 0) is 27.2 Å². The third-order valence-corrected chi connectivity index (χ3v) is 4.71. The number of carbonyl (C=O) groups excluding carboxylic acids is 1. The molecule has 6 nitrogen and oxygen atoms in total. The average molecular weight is 283 g/mol. The molecule has 0 saturated carbocycles. The van der Waals surface area contributed by atoms with Gasteiger partial charge in [0.05, 0.1) is 11.0 Å². The highest BCUT2D eigenvalue weighted by Gasteiger charge is 2.46. The van der Waals surface area contributed by atoms with Crippen molar-refractivity contribution in [3.05, 3.63) is 0 Å². The molecule has 0 spiro atoms. The van der Waals surface area contributed by atoms with Crippen molar-refractivity contribution in [3.8, 4) is 0 Å². The molecule has 1 unspecified atom stereocenters. The molecule has 114 valence electrons. The van der Waals surface area contributed by atoms with E-state index in [0.717, 1.165) is 26.2 Å². The van der Waals surface area contributed by atoms with Crippen molar-refractivity contribution in [2.75, 3.05) is 39.3 Å². The highest BCUT2D eigenvalue weighted by Crippen LogP contribution is 2.32. The Bertz CT molecular complexity index is 404. The molecular weight excluding hydrogens is 258 g/mol. The molecule has 2 N–H and O–H groups in total. The van der Waals surface area contributed by atoms with Gasteiger partial charge in [-0.3, -0.25) is 14.5 Å². The van der Waals surface area contributed by atoms with Crippen LogP contribution in [-0.2, 0) is 9.59 Å². The maximum Gasteiger partial charge on any atom is 0.311 e. The zero-order valence-corrected chi connectivity index (χ0v) is 12.6. The topological polar surface area (TPSA) is 72.9 Å². The lowest BCUT2D eigenvalue weighted by molar-refractivity contribution is -0.148. The number of likely N-dealkylation sites (tertiary alicyclic amines) is 1. The van der Waals surface area contributed by atoms with Gasteiger partial charge in [0.1, 0.15) is 0 Å². The molecule has 2 rings (SSSR count). The maximum absolute atomic E-state index is 12.7. The summed E-state index contributed by atoms with van der Waals surface area (Å²) in [6.45, 7) is 9.95. The van der Waals surface area contributed by atoms with Crippen LogP contribution in [0, 0.1) is 5.41 Å². The molecule has 20 heavy (non-hydrogen) atoms. The van der Waals surface area contributed by atoms with Crippen molar-refractivity contribution in [1.29, 1.82) is 0 Å². The number of nitrogens with zero attached hydrogens (tertiary/aromatic N) is 2. The summed E-state index contributed by atoms with van der Waals surface area (Å²) in [4.78, 5) is 27.9. The van der Waals surface area contributed by atoms with Gasteiger partial charge in [0.2, 0.25) is 5.91 Å². The Morgan fingerprint density at radius 1 is 1.20 bits per heavy atom. The van der Waals surface area contributed by atoms with E-state index >= 15 is 0 Å². The summed E-state index contributed by atoms with van der Waals surface area (Å²) in [6, 6.07) is 0. The standard InChI is InChI=1S/C14H25N3O3/c1-13(2,17-8-5-15-6-9-17)11(18)16-7-4-14(3,10-16)12(19)20/h15H,4-10H2,1-3H3,(H,19,20). The highest BCUT2D eigenvalue weighted by atomic mass is 16.4. The third-order valence-electron chi connectivity index (χ3n) is 4.71. The van der Waals surface area contributed by atoms with E-state index in [1.807, 2.05) is 13.8 Å². The Morgan fingerprint density at radius 2 is 1.80 bits per heavy atom. The van der Waals surface area contributed by atoms with Crippen LogP contribution in [0.3, 0.4) is 0 Å². The lowest BCUT2D eigenvalue weighted by atomic mass is 9.90. The maximum atomic E-state index is 12.7. The Kier molecular flexibility index (Phi) is 4.07. The fourth-order valence-corrected chi connectivity index (χ4v) is 3.06. The molecule has 2 saturated heterocycles. The van der Waals surface area contributed by atoms with Crippen molar-refractivity contribution in [2.24, 2.45) is 5.41 Å². The lowest BCUT2D eigenvalue weighted by Gasteiger charge is -2.41. The van der Waals surface area contributed by atoms with Crippen molar-refractivity contribution in [2.45, 2.75) is 32.7 Å². The molecule has 2 heterocycles. The van der Waals surface area contributed by atoms with Gasteiger partial charge in [-0.15, -0.1) is 0 Å². The fourth-order valence-electron chi connectivity index (χ4n) is 3.06. The Balaban J connectivity index is 2.05. The Morgan fingerprint density at radius 3 is 2.30 bits per heavy atom. The quantitative estimate of drug-likeness (QED) is 0.762. The van der Waals surface area contributed by atoms with E-state index in [2.05, 4.69) is 10.2 Å². The summed E-state index contributed by atoms with van der Waals surface area (Å²) in [6.07, 6.45) is 0.533. The first-order chi connectivity index (χ1) is 9.27. The zero-order valence-electron chi connectivity index (χ0n) is 12.6. The first-order valence-electron chi connectivity index (χ1n) is 7.26. The van der Waals surface area contributed by atoms with E-state index in [1.54, 1.807) is 11.8 Å². The van der Waals surface area contributed by atoms with Crippen molar-refractivity contribution >= 4 is 11.9 Å². The number of hydrogen-bond donors (Lipinski definition) is 2. The van der Waals surface area contributed by atoms with Crippen molar-refractivity contribution in [1.82, 2.24) is 15.1 Å². The smallest absolute Gasteiger partial charge is 0.311 e. The largest absolute Gasteiger partial charge is 0.481 e. The van der Waals surface area contributed by atoms with E-state index in [1.165, 1.54) is 0 Å². The first kappa shape index (κ1) is 15.3. The van der Waals surface area contributed by atoms with Crippen LogP contribution in [0.5, 0.6) is 0 Å². The van der Waals surface area contributed by atoms with E-state index < -0.39 is 16.9 Å². The molecule has 0 bridgehead atoms. The van der Waals surface area contributed by atoms with Gasteiger partial charge in [0.15, 0.2) is 0 Å². The predicted octanol–water partition coefficient (Wildman–Crippen LogP) is -0.00660. The molecule has 2 aliphatic heterocycles. The minimum absolute atomic E-state index is 0.0457.